The van der Waals surface area contributed by atoms with Crippen LogP contribution in [-0.2, 0) is 4.74 Å². The van der Waals surface area contributed by atoms with Crippen LogP contribution in [0.3, 0.4) is 0 Å². The number of hydrogen-bond acceptors (Lipinski definition) is 1. The summed E-state index contributed by atoms with van der Waals surface area (Å²) in [6.45, 7) is 2.24. The molecule has 0 aromatic rings. The van der Waals surface area contributed by atoms with Crippen LogP contribution in [0.15, 0.2) is 0 Å². The second-order valence-electron chi connectivity index (χ2n) is 3.27. The molecule has 2 atom stereocenters. The highest BCUT2D eigenvalue weighted by molar-refractivity contribution is 5.03. The molecule has 2 rings (SSSR count). The molecule has 1 heteroatoms. The Kier molecular flexibility index (Phi) is 1.10. The van der Waals surface area contributed by atoms with E-state index in [-0.39, 0.29) is 0 Å². The van der Waals surface area contributed by atoms with Gasteiger partial charge in [-0.05, 0) is 19.3 Å². The van der Waals surface area contributed by atoms with Gasteiger partial charge in [-0.1, -0.05) is 19.8 Å². The fourth-order valence-corrected chi connectivity index (χ4v) is 2.03. The molecular formula is C8H14O. The average molecular weight is 126 g/mol. The minimum Gasteiger partial charge on any atom is -0.366 e. The molecule has 1 heterocycles. The molecule has 0 spiro atoms. The van der Waals surface area contributed by atoms with Crippen molar-refractivity contribution in [2.75, 3.05) is 0 Å². The highest BCUT2D eigenvalue weighted by atomic mass is 16.6. The predicted molar refractivity (Wildman–Crippen MR) is 36.4 cm³/mol. The topological polar surface area (TPSA) is 12.5 Å². The molecule has 1 aliphatic heterocycles. The van der Waals surface area contributed by atoms with Crippen LogP contribution in [0.1, 0.15) is 39.0 Å². The molecule has 0 amide bonds. The first-order valence-corrected chi connectivity index (χ1v) is 4.05. The maximum Gasteiger partial charge on any atom is 0.0945 e. The maximum atomic E-state index is 5.61. The molecule has 2 fully saturated rings. The van der Waals surface area contributed by atoms with Crippen molar-refractivity contribution < 1.29 is 4.74 Å². The summed E-state index contributed by atoms with van der Waals surface area (Å²) in [6, 6.07) is 0. The monoisotopic (exact) mass is 126 g/mol. The zero-order valence-corrected chi connectivity index (χ0v) is 6.02. The van der Waals surface area contributed by atoms with Crippen molar-refractivity contribution in [1.29, 1.82) is 0 Å². The highest BCUT2D eigenvalue weighted by Crippen LogP contribution is 2.49. The van der Waals surface area contributed by atoms with Crippen LogP contribution in [0.5, 0.6) is 0 Å². The van der Waals surface area contributed by atoms with Crippen molar-refractivity contribution in [3.8, 4) is 0 Å². The van der Waals surface area contributed by atoms with Gasteiger partial charge in [0.15, 0.2) is 0 Å². The third-order valence-electron chi connectivity index (χ3n) is 2.82. The van der Waals surface area contributed by atoms with Crippen LogP contribution in [0, 0.1) is 0 Å². The van der Waals surface area contributed by atoms with Crippen molar-refractivity contribution in [2.24, 2.45) is 0 Å². The maximum absolute atomic E-state index is 5.61. The Balaban J connectivity index is 2.01. The molecule has 1 saturated carbocycles. The first-order valence-electron chi connectivity index (χ1n) is 4.05. The van der Waals surface area contributed by atoms with Crippen molar-refractivity contribution in [3.63, 3.8) is 0 Å². The van der Waals surface area contributed by atoms with Gasteiger partial charge in [0, 0.05) is 0 Å². The Morgan fingerprint density at radius 2 is 2.44 bits per heavy atom. The molecule has 0 bridgehead atoms. The standard InChI is InChI=1S/C8H14O/c1-2-8-6-4-3-5-7(8)9-8/h7H,2-6H2,1H3/t7-,8+/m0/s1. The lowest BCUT2D eigenvalue weighted by Crippen LogP contribution is -2.17. The van der Waals surface area contributed by atoms with E-state index in [1.165, 1.54) is 32.1 Å². The van der Waals surface area contributed by atoms with Crippen LogP contribution < -0.4 is 0 Å². The summed E-state index contributed by atoms with van der Waals surface area (Å²) in [5, 5.41) is 0. The van der Waals surface area contributed by atoms with Crippen LogP contribution in [0.25, 0.3) is 0 Å². The van der Waals surface area contributed by atoms with E-state index in [1.54, 1.807) is 0 Å². The molecule has 0 unspecified atom stereocenters. The van der Waals surface area contributed by atoms with E-state index in [0.717, 1.165) is 0 Å². The Hall–Kier alpha value is -0.0400. The van der Waals surface area contributed by atoms with Gasteiger partial charge >= 0.3 is 0 Å². The van der Waals surface area contributed by atoms with E-state index in [0.29, 0.717) is 11.7 Å². The molecule has 9 heavy (non-hydrogen) atoms. The van der Waals surface area contributed by atoms with Crippen molar-refractivity contribution >= 4 is 0 Å². The van der Waals surface area contributed by atoms with E-state index < -0.39 is 0 Å². The summed E-state index contributed by atoms with van der Waals surface area (Å²) in [4.78, 5) is 0. The molecule has 0 radical (unpaired) electrons. The summed E-state index contributed by atoms with van der Waals surface area (Å²) in [5.74, 6) is 0. The SMILES string of the molecule is CC[C@@]12CCCC[C@@H]1O2. The third-order valence-corrected chi connectivity index (χ3v) is 2.82. The molecule has 0 N–H and O–H groups in total. The Labute approximate surface area is 56.4 Å². The quantitative estimate of drug-likeness (QED) is 0.490. The van der Waals surface area contributed by atoms with Gasteiger partial charge in [-0.25, -0.2) is 0 Å². The van der Waals surface area contributed by atoms with Gasteiger partial charge in [-0.3, -0.25) is 0 Å². The van der Waals surface area contributed by atoms with Gasteiger partial charge in [0.1, 0.15) is 0 Å². The van der Waals surface area contributed by atoms with Crippen molar-refractivity contribution in [1.82, 2.24) is 0 Å². The zero-order chi connectivity index (χ0) is 6.32. The fraction of sp³-hybridized carbons (Fsp3) is 1.00. The molecule has 2 aliphatic rings. The van der Waals surface area contributed by atoms with Gasteiger partial charge in [0.2, 0.25) is 0 Å². The number of rotatable bonds is 1. The van der Waals surface area contributed by atoms with E-state index >= 15 is 0 Å². The first kappa shape index (κ1) is 5.72. The van der Waals surface area contributed by atoms with Gasteiger partial charge in [-0.2, -0.15) is 0 Å². The molecule has 1 aliphatic carbocycles. The molecule has 52 valence electrons. The van der Waals surface area contributed by atoms with Crippen molar-refractivity contribution in [3.05, 3.63) is 0 Å². The minimum atomic E-state index is 0.387. The molecule has 0 aromatic carbocycles. The summed E-state index contributed by atoms with van der Waals surface area (Å²) in [7, 11) is 0. The molecule has 1 saturated heterocycles. The molecular weight excluding hydrogens is 112 g/mol. The predicted octanol–water partition coefficient (Wildman–Crippen LogP) is 2.11. The zero-order valence-electron chi connectivity index (χ0n) is 6.02. The summed E-state index contributed by atoms with van der Waals surface area (Å²) in [5.41, 5.74) is 0.387. The van der Waals surface area contributed by atoms with Gasteiger partial charge in [-0.15, -0.1) is 0 Å². The minimum absolute atomic E-state index is 0.387. The first-order chi connectivity index (χ1) is 4.37. The van der Waals surface area contributed by atoms with Crippen molar-refractivity contribution in [2.45, 2.75) is 50.7 Å². The van der Waals surface area contributed by atoms with E-state index in [9.17, 15) is 0 Å². The normalized spacial score (nSPS) is 48.3. The smallest absolute Gasteiger partial charge is 0.0945 e. The lowest BCUT2D eigenvalue weighted by atomic mass is 9.87. The van der Waals surface area contributed by atoms with E-state index in [1.807, 2.05) is 0 Å². The van der Waals surface area contributed by atoms with Crippen LogP contribution in [0.4, 0.5) is 0 Å². The van der Waals surface area contributed by atoms with Crippen LogP contribution in [0.2, 0.25) is 0 Å². The average Bonchev–Trinajstić information content (AvgIpc) is 2.62. The highest BCUT2D eigenvalue weighted by Gasteiger charge is 2.55. The van der Waals surface area contributed by atoms with Crippen LogP contribution >= 0.6 is 0 Å². The van der Waals surface area contributed by atoms with E-state index in [2.05, 4.69) is 6.92 Å². The number of hydrogen-bond donors (Lipinski definition) is 0. The van der Waals surface area contributed by atoms with Crippen LogP contribution in [-0.4, -0.2) is 11.7 Å². The lowest BCUT2D eigenvalue weighted by Gasteiger charge is -2.13. The van der Waals surface area contributed by atoms with Gasteiger partial charge in [0.05, 0.1) is 11.7 Å². The lowest BCUT2D eigenvalue weighted by molar-refractivity contribution is 0.279. The third kappa shape index (κ3) is 0.710. The van der Waals surface area contributed by atoms with Gasteiger partial charge < -0.3 is 4.74 Å². The summed E-state index contributed by atoms with van der Waals surface area (Å²) >= 11 is 0. The summed E-state index contributed by atoms with van der Waals surface area (Å²) in [6.07, 6.45) is 7.34. The number of ether oxygens (including phenoxy) is 1. The second kappa shape index (κ2) is 1.72. The number of epoxide rings is 1. The van der Waals surface area contributed by atoms with E-state index in [4.69, 9.17) is 4.74 Å². The molecule has 1 nitrogen and oxygen atoms in total. The Bertz CT molecular complexity index is 122. The Morgan fingerprint density at radius 3 is 3.00 bits per heavy atom. The largest absolute Gasteiger partial charge is 0.366 e. The fourth-order valence-electron chi connectivity index (χ4n) is 2.03. The number of fused-ring (bicyclic) bond motifs is 1. The Morgan fingerprint density at radius 1 is 1.56 bits per heavy atom. The second-order valence-corrected chi connectivity index (χ2v) is 3.27. The van der Waals surface area contributed by atoms with Gasteiger partial charge in [0.25, 0.3) is 0 Å². The molecule has 0 aromatic heterocycles. The summed E-state index contributed by atoms with van der Waals surface area (Å²) < 4.78 is 5.61.